The first kappa shape index (κ1) is 15.6. The van der Waals surface area contributed by atoms with Gasteiger partial charge in [0.1, 0.15) is 10.2 Å². The zero-order valence-electron chi connectivity index (χ0n) is 11.5. The number of urea groups is 1. The number of pyridine rings is 1. The highest BCUT2D eigenvalue weighted by molar-refractivity contribution is 7.99. The first-order valence-corrected chi connectivity index (χ1v) is 7.27. The van der Waals surface area contributed by atoms with E-state index in [0.717, 1.165) is 15.0 Å². The van der Waals surface area contributed by atoms with Crippen molar-refractivity contribution in [2.24, 2.45) is 0 Å². The second kappa shape index (κ2) is 7.31. The third kappa shape index (κ3) is 4.63. The summed E-state index contributed by atoms with van der Waals surface area (Å²) in [5.41, 5.74) is 0.687. The fraction of sp³-hybridized carbons (Fsp3) is 0.143. The molecule has 5 nitrogen and oxygen atoms in total. The normalized spacial score (nSPS) is 10.2. The van der Waals surface area contributed by atoms with Crippen LogP contribution < -0.4 is 5.32 Å². The van der Waals surface area contributed by atoms with E-state index in [1.807, 2.05) is 36.4 Å². The lowest BCUT2D eigenvalue weighted by atomic mass is 10.3. The van der Waals surface area contributed by atoms with Crippen LogP contribution in [-0.4, -0.2) is 30.2 Å². The van der Waals surface area contributed by atoms with Gasteiger partial charge in [-0.3, -0.25) is 4.84 Å². The summed E-state index contributed by atoms with van der Waals surface area (Å²) < 4.78 is 0. The van der Waals surface area contributed by atoms with E-state index in [0.29, 0.717) is 10.8 Å². The molecule has 1 N–H and O–H groups in total. The van der Waals surface area contributed by atoms with Gasteiger partial charge in [-0.25, -0.2) is 14.8 Å². The molecule has 0 unspecified atom stereocenters. The number of rotatable bonds is 4. The minimum atomic E-state index is -0.339. The molecule has 7 heteroatoms. The van der Waals surface area contributed by atoms with E-state index in [4.69, 9.17) is 16.4 Å². The average Bonchev–Trinajstić information content (AvgIpc) is 2.48. The van der Waals surface area contributed by atoms with Gasteiger partial charge in [-0.15, -0.1) is 0 Å². The lowest BCUT2D eigenvalue weighted by Crippen LogP contribution is -2.30. The summed E-state index contributed by atoms with van der Waals surface area (Å²) in [5.74, 6) is 0. The third-order valence-electron chi connectivity index (χ3n) is 2.58. The standard InChI is InChI=1S/C14H14ClN3O2S/c1-18(20-2)14(19)16-10-6-8-11(9-7-10)21-13-5-3-4-12(15)17-13/h3-9H,1-2H3,(H,16,19). The van der Waals surface area contributed by atoms with E-state index < -0.39 is 0 Å². The fourth-order valence-corrected chi connectivity index (χ4v) is 2.48. The van der Waals surface area contributed by atoms with Crippen molar-refractivity contribution >= 4 is 35.1 Å². The quantitative estimate of drug-likeness (QED) is 0.684. The second-order valence-corrected chi connectivity index (χ2v) is 5.52. The Morgan fingerprint density at radius 1 is 1.29 bits per heavy atom. The minimum Gasteiger partial charge on any atom is -0.306 e. The van der Waals surface area contributed by atoms with Crippen molar-refractivity contribution in [3.05, 3.63) is 47.6 Å². The molecule has 0 fully saturated rings. The maximum Gasteiger partial charge on any atom is 0.345 e. The number of aromatic nitrogens is 1. The van der Waals surface area contributed by atoms with Gasteiger partial charge in [-0.2, -0.15) is 0 Å². The SMILES string of the molecule is CON(C)C(=O)Nc1ccc(Sc2cccc(Cl)n2)cc1. The third-order valence-corrected chi connectivity index (χ3v) is 3.73. The van der Waals surface area contributed by atoms with Crippen LogP contribution in [0.1, 0.15) is 0 Å². The van der Waals surface area contributed by atoms with Gasteiger partial charge >= 0.3 is 6.03 Å². The van der Waals surface area contributed by atoms with Crippen LogP contribution in [0.3, 0.4) is 0 Å². The zero-order chi connectivity index (χ0) is 15.2. The van der Waals surface area contributed by atoms with Crippen LogP contribution in [0.4, 0.5) is 10.5 Å². The Balaban J connectivity index is 2.00. The molecule has 0 saturated heterocycles. The zero-order valence-corrected chi connectivity index (χ0v) is 13.1. The van der Waals surface area contributed by atoms with Gasteiger partial charge in [0, 0.05) is 17.6 Å². The summed E-state index contributed by atoms with van der Waals surface area (Å²) in [7, 11) is 2.96. The number of carbonyl (C=O) groups excluding carboxylic acids is 1. The number of hydroxylamine groups is 2. The molecule has 1 heterocycles. The van der Waals surface area contributed by atoms with E-state index in [1.54, 1.807) is 6.07 Å². The van der Waals surface area contributed by atoms with Crippen molar-refractivity contribution in [2.75, 3.05) is 19.5 Å². The predicted octanol–water partition coefficient (Wildman–Crippen LogP) is 3.91. The molecule has 2 rings (SSSR count). The summed E-state index contributed by atoms with van der Waals surface area (Å²) in [6.45, 7) is 0. The van der Waals surface area contributed by atoms with Gasteiger partial charge in [0.05, 0.1) is 7.11 Å². The Kier molecular flexibility index (Phi) is 5.44. The first-order chi connectivity index (χ1) is 10.1. The lowest BCUT2D eigenvalue weighted by molar-refractivity contribution is -0.0598. The van der Waals surface area contributed by atoms with E-state index in [9.17, 15) is 4.79 Å². The minimum absolute atomic E-state index is 0.339. The molecular formula is C14H14ClN3O2S. The molecule has 0 atom stereocenters. The van der Waals surface area contributed by atoms with Crippen molar-refractivity contribution in [1.82, 2.24) is 10.0 Å². The van der Waals surface area contributed by atoms with Crippen molar-refractivity contribution in [1.29, 1.82) is 0 Å². The number of halogens is 1. The molecule has 110 valence electrons. The summed E-state index contributed by atoms with van der Waals surface area (Å²) in [5, 5.41) is 5.10. The maximum absolute atomic E-state index is 11.6. The summed E-state index contributed by atoms with van der Waals surface area (Å²) in [6, 6.07) is 12.6. The largest absolute Gasteiger partial charge is 0.345 e. The average molecular weight is 324 g/mol. The Bertz CT molecular complexity index is 622. The molecule has 0 bridgehead atoms. The van der Waals surface area contributed by atoms with Gasteiger partial charge in [-0.1, -0.05) is 29.4 Å². The van der Waals surface area contributed by atoms with Crippen LogP contribution in [0, 0.1) is 0 Å². The van der Waals surface area contributed by atoms with Crippen LogP contribution in [0.25, 0.3) is 0 Å². The Morgan fingerprint density at radius 3 is 2.62 bits per heavy atom. The van der Waals surface area contributed by atoms with Crippen LogP contribution in [0.2, 0.25) is 5.15 Å². The molecule has 1 aromatic carbocycles. The van der Waals surface area contributed by atoms with Crippen molar-refractivity contribution < 1.29 is 9.63 Å². The molecule has 0 aliphatic carbocycles. The van der Waals surface area contributed by atoms with Gasteiger partial charge in [0.15, 0.2) is 0 Å². The van der Waals surface area contributed by atoms with Gasteiger partial charge in [0.2, 0.25) is 0 Å². The molecule has 0 aliphatic rings. The summed E-state index contributed by atoms with van der Waals surface area (Å²) in [4.78, 5) is 21.6. The smallest absolute Gasteiger partial charge is 0.306 e. The van der Waals surface area contributed by atoms with E-state index >= 15 is 0 Å². The molecular weight excluding hydrogens is 310 g/mol. The number of anilines is 1. The molecule has 0 aliphatic heterocycles. The predicted molar refractivity (Wildman–Crippen MR) is 83.6 cm³/mol. The van der Waals surface area contributed by atoms with Crippen LogP contribution in [0.5, 0.6) is 0 Å². The number of nitrogens with one attached hydrogen (secondary N) is 1. The topological polar surface area (TPSA) is 54.5 Å². The molecule has 21 heavy (non-hydrogen) atoms. The van der Waals surface area contributed by atoms with Gasteiger partial charge in [-0.05, 0) is 36.4 Å². The molecule has 2 aromatic rings. The Hall–Kier alpha value is -1.76. The number of amides is 2. The number of nitrogens with zero attached hydrogens (tertiary/aromatic N) is 2. The van der Waals surface area contributed by atoms with Gasteiger partial charge < -0.3 is 5.32 Å². The Morgan fingerprint density at radius 2 is 2.00 bits per heavy atom. The second-order valence-electron chi connectivity index (χ2n) is 4.04. The number of carbonyl (C=O) groups is 1. The monoisotopic (exact) mass is 323 g/mol. The van der Waals surface area contributed by atoms with Crippen LogP contribution >= 0.6 is 23.4 Å². The van der Waals surface area contributed by atoms with Crippen molar-refractivity contribution in [2.45, 2.75) is 9.92 Å². The highest BCUT2D eigenvalue weighted by atomic mass is 35.5. The molecule has 0 radical (unpaired) electrons. The highest BCUT2D eigenvalue weighted by Gasteiger charge is 2.07. The fourth-order valence-electron chi connectivity index (χ4n) is 1.46. The summed E-state index contributed by atoms with van der Waals surface area (Å²) in [6.07, 6.45) is 0. The van der Waals surface area contributed by atoms with Gasteiger partial charge in [0.25, 0.3) is 0 Å². The molecule has 2 amide bonds. The van der Waals surface area contributed by atoms with E-state index in [2.05, 4.69) is 10.3 Å². The van der Waals surface area contributed by atoms with E-state index in [1.165, 1.54) is 25.9 Å². The highest BCUT2D eigenvalue weighted by Crippen LogP contribution is 2.27. The van der Waals surface area contributed by atoms with Crippen LogP contribution in [0.15, 0.2) is 52.4 Å². The lowest BCUT2D eigenvalue weighted by Gasteiger charge is -2.14. The van der Waals surface area contributed by atoms with Crippen molar-refractivity contribution in [3.63, 3.8) is 0 Å². The first-order valence-electron chi connectivity index (χ1n) is 6.08. The Labute approximate surface area is 132 Å². The number of hydrogen-bond acceptors (Lipinski definition) is 4. The molecule has 1 aromatic heterocycles. The molecule has 0 saturated carbocycles. The summed E-state index contributed by atoms with van der Waals surface area (Å²) >= 11 is 7.35. The van der Waals surface area contributed by atoms with Crippen LogP contribution in [-0.2, 0) is 4.84 Å². The van der Waals surface area contributed by atoms with Crippen molar-refractivity contribution in [3.8, 4) is 0 Å². The maximum atomic E-state index is 11.6. The van der Waals surface area contributed by atoms with E-state index in [-0.39, 0.29) is 6.03 Å². The number of hydrogen-bond donors (Lipinski definition) is 1. The molecule has 0 spiro atoms. The number of benzene rings is 1.